The Morgan fingerprint density at radius 1 is 1.27 bits per heavy atom. The zero-order valence-electron chi connectivity index (χ0n) is 15.8. The lowest BCUT2D eigenvalue weighted by molar-refractivity contribution is -0.143. The minimum Gasteiger partial charge on any atom is -0.357 e. The van der Waals surface area contributed by atoms with Gasteiger partial charge in [0.25, 0.3) is 0 Å². The molecule has 2 N–H and O–H groups in total. The number of hydrogen-bond donors (Lipinski definition) is 2. The third-order valence-corrected chi connectivity index (χ3v) is 4.58. The van der Waals surface area contributed by atoms with E-state index in [0.717, 1.165) is 13.0 Å². The standard InChI is InChI=1S/C19H29F3N4/c1-4-23-18(25-11-17-6-5-14(2)9-15(17)3)24-10-16-7-8-26(12-16)13-19(20,21)22/h5-6,9,16H,4,7-8,10-13H2,1-3H3,(H2,23,24,25). The summed E-state index contributed by atoms with van der Waals surface area (Å²) < 4.78 is 37.4. The van der Waals surface area contributed by atoms with Gasteiger partial charge in [0.1, 0.15) is 0 Å². The summed E-state index contributed by atoms with van der Waals surface area (Å²) in [4.78, 5) is 6.09. The Morgan fingerprint density at radius 3 is 2.69 bits per heavy atom. The fraction of sp³-hybridized carbons (Fsp3) is 0.632. The van der Waals surface area contributed by atoms with E-state index in [2.05, 4.69) is 47.7 Å². The van der Waals surface area contributed by atoms with E-state index >= 15 is 0 Å². The Labute approximate surface area is 153 Å². The third-order valence-electron chi connectivity index (χ3n) is 4.58. The van der Waals surface area contributed by atoms with Crippen molar-refractivity contribution in [3.05, 3.63) is 34.9 Å². The maximum Gasteiger partial charge on any atom is 0.401 e. The first-order chi connectivity index (χ1) is 12.3. The second-order valence-electron chi connectivity index (χ2n) is 7.01. The van der Waals surface area contributed by atoms with Gasteiger partial charge in [-0.1, -0.05) is 23.8 Å². The molecule has 2 rings (SSSR count). The molecular formula is C19H29F3N4. The summed E-state index contributed by atoms with van der Waals surface area (Å²) in [7, 11) is 0. The Morgan fingerprint density at radius 2 is 2.04 bits per heavy atom. The highest BCUT2D eigenvalue weighted by Crippen LogP contribution is 2.22. The van der Waals surface area contributed by atoms with Crippen molar-refractivity contribution in [1.29, 1.82) is 0 Å². The van der Waals surface area contributed by atoms with Crippen LogP contribution in [0.15, 0.2) is 23.2 Å². The number of hydrogen-bond acceptors (Lipinski definition) is 2. The van der Waals surface area contributed by atoms with Crippen LogP contribution in [0, 0.1) is 19.8 Å². The minimum absolute atomic E-state index is 0.210. The maximum atomic E-state index is 12.5. The lowest BCUT2D eigenvalue weighted by Crippen LogP contribution is -2.40. The molecule has 26 heavy (non-hydrogen) atoms. The molecule has 1 aliphatic heterocycles. The molecule has 0 spiro atoms. The predicted molar refractivity (Wildman–Crippen MR) is 99.3 cm³/mol. The van der Waals surface area contributed by atoms with Crippen LogP contribution in [-0.2, 0) is 6.54 Å². The molecule has 1 atom stereocenters. The Balaban J connectivity index is 1.86. The summed E-state index contributed by atoms with van der Waals surface area (Å²) >= 11 is 0. The number of aliphatic imine (C=N–C) groups is 1. The van der Waals surface area contributed by atoms with Gasteiger partial charge >= 0.3 is 6.18 Å². The molecule has 0 aliphatic carbocycles. The minimum atomic E-state index is -4.12. The molecule has 1 aromatic carbocycles. The molecule has 1 aromatic rings. The SMILES string of the molecule is CCNC(=NCc1ccc(C)cc1C)NCC1CCN(CC(F)(F)F)C1. The molecule has 1 aliphatic rings. The molecule has 7 heteroatoms. The van der Waals surface area contributed by atoms with E-state index in [1.807, 2.05) is 6.92 Å². The highest BCUT2D eigenvalue weighted by atomic mass is 19.4. The van der Waals surface area contributed by atoms with Gasteiger partial charge in [-0.05, 0) is 50.8 Å². The van der Waals surface area contributed by atoms with Crippen LogP contribution in [0.5, 0.6) is 0 Å². The van der Waals surface area contributed by atoms with Gasteiger partial charge in [0.05, 0.1) is 13.1 Å². The van der Waals surface area contributed by atoms with E-state index < -0.39 is 12.7 Å². The van der Waals surface area contributed by atoms with Crippen molar-refractivity contribution in [2.24, 2.45) is 10.9 Å². The second-order valence-corrected chi connectivity index (χ2v) is 7.01. The molecule has 1 fully saturated rings. The first-order valence-corrected chi connectivity index (χ1v) is 9.14. The predicted octanol–water partition coefficient (Wildman–Crippen LogP) is 3.24. The summed E-state index contributed by atoms with van der Waals surface area (Å²) in [5, 5.41) is 6.48. The van der Waals surface area contributed by atoms with Crippen molar-refractivity contribution < 1.29 is 13.2 Å². The van der Waals surface area contributed by atoms with Crippen molar-refractivity contribution in [1.82, 2.24) is 15.5 Å². The number of alkyl halides is 3. The van der Waals surface area contributed by atoms with E-state index in [9.17, 15) is 13.2 Å². The van der Waals surface area contributed by atoms with E-state index in [4.69, 9.17) is 0 Å². The molecule has 0 aromatic heterocycles. The van der Waals surface area contributed by atoms with Crippen LogP contribution in [0.1, 0.15) is 30.0 Å². The zero-order chi connectivity index (χ0) is 19.2. The number of halogens is 3. The van der Waals surface area contributed by atoms with Crippen molar-refractivity contribution in [2.75, 3.05) is 32.7 Å². The van der Waals surface area contributed by atoms with Gasteiger partial charge in [-0.15, -0.1) is 0 Å². The Bertz CT molecular complexity index is 613. The van der Waals surface area contributed by atoms with Crippen LogP contribution in [0.3, 0.4) is 0 Å². The number of nitrogens with one attached hydrogen (secondary N) is 2. The molecule has 1 saturated heterocycles. The summed E-state index contributed by atoms with van der Waals surface area (Å²) in [6.45, 7) is 8.24. The number of rotatable bonds is 6. The molecule has 1 unspecified atom stereocenters. The van der Waals surface area contributed by atoms with Crippen LogP contribution in [0.25, 0.3) is 0 Å². The van der Waals surface area contributed by atoms with E-state index in [1.54, 1.807) is 0 Å². The molecule has 4 nitrogen and oxygen atoms in total. The lowest BCUT2D eigenvalue weighted by atomic mass is 10.1. The van der Waals surface area contributed by atoms with E-state index in [-0.39, 0.29) is 5.92 Å². The molecule has 146 valence electrons. The maximum absolute atomic E-state index is 12.5. The normalized spacial score (nSPS) is 19.0. The van der Waals surface area contributed by atoms with Gasteiger partial charge in [-0.2, -0.15) is 13.2 Å². The lowest BCUT2D eigenvalue weighted by Gasteiger charge is -2.18. The van der Waals surface area contributed by atoms with Crippen LogP contribution < -0.4 is 10.6 Å². The summed E-state index contributed by atoms with van der Waals surface area (Å²) in [6.07, 6.45) is -3.34. The average molecular weight is 370 g/mol. The molecule has 0 amide bonds. The van der Waals surface area contributed by atoms with E-state index in [0.29, 0.717) is 32.1 Å². The summed E-state index contributed by atoms with van der Waals surface area (Å²) in [5.74, 6) is 0.920. The fourth-order valence-corrected chi connectivity index (χ4v) is 3.25. The highest BCUT2D eigenvalue weighted by Gasteiger charge is 2.34. The molecule has 0 saturated carbocycles. The molecule has 0 bridgehead atoms. The van der Waals surface area contributed by atoms with Crippen molar-refractivity contribution in [3.8, 4) is 0 Å². The van der Waals surface area contributed by atoms with Gasteiger partial charge in [-0.25, -0.2) is 4.99 Å². The summed E-state index contributed by atoms with van der Waals surface area (Å²) in [6, 6.07) is 6.30. The Hall–Kier alpha value is -1.76. The van der Waals surface area contributed by atoms with Gasteiger partial charge in [-0.3, -0.25) is 4.90 Å². The summed E-state index contributed by atoms with van der Waals surface area (Å²) in [5.41, 5.74) is 3.61. The smallest absolute Gasteiger partial charge is 0.357 e. The monoisotopic (exact) mass is 370 g/mol. The first-order valence-electron chi connectivity index (χ1n) is 9.14. The molecular weight excluding hydrogens is 341 g/mol. The average Bonchev–Trinajstić information content (AvgIpc) is 2.97. The van der Waals surface area contributed by atoms with Gasteiger partial charge in [0, 0.05) is 19.6 Å². The first kappa shape index (κ1) is 20.6. The van der Waals surface area contributed by atoms with Crippen LogP contribution in [0.4, 0.5) is 13.2 Å². The van der Waals surface area contributed by atoms with Gasteiger partial charge < -0.3 is 10.6 Å². The molecule has 1 heterocycles. The van der Waals surface area contributed by atoms with Gasteiger partial charge in [0.15, 0.2) is 5.96 Å². The van der Waals surface area contributed by atoms with E-state index in [1.165, 1.54) is 21.6 Å². The quantitative estimate of drug-likeness (QED) is 0.597. The number of nitrogens with zero attached hydrogens (tertiary/aromatic N) is 2. The number of aryl methyl sites for hydroxylation is 2. The van der Waals surface area contributed by atoms with Crippen molar-refractivity contribution >= 4 is 5.96 Å². The third kappa shape index (κ3) is 6.86. The fourth-order valence-electron chi connectivity index (χ4n) is 3.25. The number of benzene rings is 1. The number of likely N-dealkylation sites (tertiary alicyclic amines) is 1. The second kappa shape index (κ2) is 9.26. The largest absolute Gasteiger partial charge is 0.401 e. The van der Waals surface area contributed by atoms with Crippen LogP contribution in [-0.4, -0.2) is 49.8 Å². The van der Waals surface area contributed by atoms with Crippen LogP contribution >= 0.6 is 0 Å². The zero-order valence-corrected chi connectivity index (χ0v) is 15.8. The molecule has 0 radical (unpaired) electrons. The van der Waals surface area contributed by atoms with Crippen molar-refractivity contribution in [2.45, 2.75) is 39.9 Å². The topological polar surface area (TPSA) is 39.7 Å². The van der Waals surface area contributed by atoms with Crippen LogP contribution in [0.2, 0.25) is 0 Å². The highest BCUT2D eigenvalue weighted by molar-refractivity contribution is 5.79. The van der Waals surface area contributed by atoms with Gasteiger partial charge in [0.2, 0.25) is 0 Å². The Kier molecular flexibility index (Phi) is 7.32. The van der Waals surface area contributed by atoms with Crippen molar-refractivity contribution in [3.63, 3.8) is 0 Å². The number of guanidine groups is 1.